The van der Waals surface area contributed by atoms with Crippen molar-refractivity contribution in [2.45, 2.75) is 17.9 Å². The van der Waals surface area contributed by atoms with E-state index in [1.54, 1.807) is 6.07 Å². The summed E-state index contributed by atoms with van der Waals surface area (Å²) in [6, 6.07) is 3.32. The zero-order valence-corrected chi connectivity index (χ0v) is 12.3. The van der Waals surface area contributed by atoms with Crippen LogP contribution in [0.5, 0.6) is 0 Å². The highest BCUT2D eigenvalue weighted by Crippen LogP contribution is 2.28. The third kappa shape index (κ3) is 2.58. The number of aromatic nitrogens is 1. The van der Waals surface area contributed by atoms with Gasteiger partial charge in [0.05, 0.1) is 0 Å². The van der Waals surface area contributed by atoms with E-state index in [2.05, 4.69) is 16.8 Å². The van der Waals surface area contributed by atoms with Crippen LogP contribution < -0.4 is 5.73 Å². The molecule has 1 aromatic rings. The van der Waals surface area contributed by atoms with Crippen LogP contribution in [0.4, 0.5) is 5.82 Å². The van der Waals surface area contributed by atoms with Gasteiger partial charge >= 0.3 is 0 Å². The predicted octanol–water partition coefficient (Wildman–Crippen LogP) is 0.234. The van der Waals surface area contributed by atoms with Crippen LogP contribution in [-0.2, 0) is 10.0 Å². The van der Waals surface area contributed by atoms with Gasteiger partial charge in [0.15, 0.2) is 0 Å². The molecule has 106 valence electrons. The number of hydrogen-bond acceptors (Lipinski definition) is 5. The van der Waals surface area contributed by atoms with Crippen molar-refractivity contribution in [3.8, 4) is 0 Å². The molecule has 2 unspecified atom stereocenters. The zero-order chi connectivity index (χ0) is 14.2. The summed E-state index contributed by atoms with van der Waals surface area (Å²) < 4.78 is 26.6. The van der Waals surface area contributed by atoms with Crippen LogP contribution in [0.15, 0.2) is 23.2 Å². The summed E-state index contributed by atoms with van der Waals surface area (Å²) in [6.07, 6.45) is 1.49. The Hall–Kier alpha value is -1.18. The van der Waals surface area contributed by atoms with Gasteiger partial charge < -0.3 is 10.6 Å². The highest BCUT2D eigenvalue weighted by atomic mass is 32.2. The van der Waals surface area contributed by atoms with E-state index in [1.165, 1.54) is 16.6 Å². The van der Waals surface area contributed by atoms with Gasteiger partial charge in [-0.15, -0.1) is 0 Å². The maximum Gasteiger partial charge on any atom is 0.246 e. The van der Waals surface area contributed by atoms with Gasteiger partial charge in [-0.1, -0.05) is 6.92 Å². The normalized spacial score (nSPS) is 25.1. The summed E-state index contributed by atoms with van der Waals surface area (Å²) in [7, 11) is 0.386. The maximum absolute atomic E-state index is 12.6. The molecule has 7 heteroatoms. The summed E-state index contributed by atoms with van der Waals surface area (Å²) in [5.74, 6) is 0.353. The highest BCUT2D eigenvalue weighted by molar-refractivity contribution is 7.89. The fourth-order valence-corrected chi connectivity index (χ4v) is 4.16. The number of likely N-dealkylation sites (N-methyl/N-ethyl adjacent to an activating group) is 1. The first-order chi connectivity index (χ1) is 8.84. The van der Waals surface area contributed by atoms with Crippen molar-refractivity contribution in [3.05, 3.63) is 18.3 Å². The standard InChI is InChI=1S/C12H20N4O2S/c1-9-7-16(8-10(9)15(2)3)19(17,18)11-5-4-6-14-12(11)13/h4-6,9-10H,7-8H2,1-3H3,(H2,13,14). The Bertz CT molecular complexity index is 559. The quantitative estimate of drug-likeness (QED) is 0.860. The fourth-order valence-electron chi connectivity index (χ4n) is 2.53. The van der Waals surface area contributed by atoms with Crippen molar-refractivity contribution in [2.24, 2.45) is 5.92 Å². The summed E-state index contributed by atoms with van der Waals surface area (Å²) in [5.41, 5.74) is 5.68. The number of sulfonamides is 1. The SMILES string of the molecule is CC1CN(S(=O)(=O)c2cccnc2N)CC1N(C)C. The highest BCUT2D eigenvalue weighted by Gasteiger charge is 2.38. The monoisotopic (exact) mass is 284 g/mol. The Morgan fingerprint density at radius 1 is 1.42 bits per heavy atom. The van der Waals surface area contributed by atoms with Gasteiger partial charge in [-0.2, -0.15) is 4.31 Å². The van der Waals surface area contributed by atoms with E-state index >= 15 is 0 Å². The van der Waals surface area contributed by atoms with Gasteiger partial charge in [-0.3, -0.25) is 0 Å². The van der Waals surface area contributed by atoms with Crippen LogP contribution in [0.25, 0.3) is 0 Å². The van der Waals surface area contributed by atoms with E-state index in [0.717, 1.165) is 0 Å². The Kier molecular flexibility index (Phi) is 3.80. The van der Waals surface area contributed by atoms with E-state index in [1.807, 2.05) is 14.1 Å². The van der Waals surface area contributed by atoms with Crippen LogP contribution in [0.2, 0.25) is 0 Å². The molecule has 1 fully saturated rings. The Balaban J connectivity index is 2.30. The fraction of sp³-hybridized carbons (Fsp3) is 0.583. The molecule has 1 aliphatic heterocycles. The summed E-state index contributed by atoms with van der Waals surface area (Å²) >= 11 is 0. The first-order valence-corrected chi connectivity index (χ1v) is 7.65. The molecule has 0 saturated carbocycles. The number of rotatable bonds is 3. The number of pyridine rings is 1. The average Bonchev–Trinajstić information content (AvgIpc) is 2.72. The maximum atomic E-state index is 12.6. The second-order valence-corrected chi connectivity index (χ2v) is 7.12. The van der Waals surface area contributed by atoms with Crippen LogP contribution in [0.3, 0.4) is 0 Å². The smallest absolute Gasteiger partial charge is 0.246 e. The molecule has 0 aliphatic carbocycles. The minimum absolute atomic E-state index is 0.0588. The number of nitrogens with two attached hydrogens (primary N) is 1. The van der Waals surface area contributed by atoms with Crippen LogP contribution >= 0.6 is 0 Å². The summed E-state index contributed by atoms with van der Waals surface area (Å²) in [5, 5.41) is 0. The molecule has 0 aromatic carbocycles. The van der Waals surface area contributed by atoms with Gasteiger partial charge in [0, 0.05) is 25.3 Å². The molecule has 0 bridgehead atoms. The van der Waals surface area contributed by atoms with Crippen molar-refractivity contribution in [3.63, 3.8) is 0 Å². The molecule has 0 radical (unpaired) electrons. The topological polar surface area (TPSA) is 79.5 Å². The summed E-state index contributed by atoms with van der Waals surface area (Å²) in [4.78, 5) is 6.01. The molecule has 2 N–H and O–H groups in total. The van der Waals surface area contributed by atoms with Crippen molar-refractivity contribution in [1.82, 2.24) is 14.2 Å². The lowest BCUT2D eigenvalue weighted by atomic mass is 10.1. The first kappa shape index (κ1) is 14.2. The van der Waals surface area contributed by atoms with Crippen LogP contribution in [-0.4, -0.2) is 55.8 Å². The molecule has 1 aromatic heterocycles. The third-order valence-electron chi connectivity index (χ3n) is 3.62. The molecule has 19 heavy (non-hydrogen) atoms. The first-order valence-electron chi connectivity index (χ1n) is 6.21. The predicted molar refractivity (Wildman–Crippen MR) is 74.0 cm³/mol. The van der Waals surface area contributed by atoms with Crippen molar-refractivity contribution in [2.75, 3.05) is 32.9 Å². The Labute approximate surface area is 114 Å². The minimum Gasteiger partial charge on any atom is -0.383 e. The molecular weight excluding hydrogens is 264 g/mol. The second kappa shape index (κ2) is 5.07. The van der Waals surface area contributed by atoms with Gasteiger partial charge in [0.1, 0.15) is 10.7 Å². The van der Waals surface area contributed by atoms with E-state index in [0.29, 0.717) is 19.0 Å². The molecule has 2 atom stereocenters. The number of hydrogen-bond donors (Lipinski definition) is 1. The van der Waals surface area contributed by atoms with E-state index in [9.17, 15) is 8.42 Å². The van der Waals surface area contributed by atoms with Crippen LogP contribution in [0, 0.1) is 5.92 Å². The molecule has 0 amide bonds. The molecular formula is C12H20N4O2S. The Morgan fingerprint density at radius 2 is 2.11 bits per heavy atom. The molecule has 1 aliphatic rings. The van der Waals surface area contributed by atoms with E-state index < -0.39 is 10.0 Å². The lowest BCUT2D eigenvalue weighted by molar-refractivity contribution is 0.263. The van der Waals surface area contributed by atoms with Crippen molar-refractivity contribution < 1.29 is 8.42 Å². The largest absolute Gasteiger partial charge is 0.383 e. The minimum atomic E-state index is -3.55. The third-order valence-corrected chi connectivity index (χ3v) is 5.50. The molecule has 6 nitrogen and oxygen atoms in total. The van der Waals surface area contributed by atoms with E-state index in [-0.39, 0.29) is 16.8 Å². The van der Waals surface area contributed by atoms with Crippen molar-refractivity contribution >= 4 is 15.8 Å². The number of anilines is 1. The average molecular weight is 284 g/mol. The van der Waals surface area contributed by atoms with Gasteiger partial charge in [0.2, 0.25) is 10.0 Å². The van der Waals surface area contributed by atoms with Crippen LogP contribution in [0.1, 0.15) is 6.92 Å². The van der Waals surface area contributed by atoms with Gasteiger partial charge in [-0.05, 0) is 32.1 Å². The molecule has 0 spiro atoms. The summed E-state index contributed by atoms with van der Waals surface area (Å²) in [6.45, 7) is 3.07. The van der Waals surface area contributed by atoms with E-state index in [4.69, 9.17) is 5.73 Å². The lowest BCUT2D eigenvalue weighted by Gasteiger charge is -2.22. The molecule has 2 heterocycles. The van der Waals surface area contributed by atoms with Gasteiger partial charge in [-0.25, -0.2) is 13.4 Å². The van der Waals surface area contributed by atoms with Crippen molar-refractivity contribution in [1.29, 1.82) is 0 Å². The molecule has 2 rings (SSSR count). The molecule has 1 saturated heterocycles. The van der Waals surface area contributed by atoms with Gasteiger partial charge in [0.25, 0.3) is 0 Å². The number of nitrogens with zero attached hydrogens (tertiary/aromatic N) is 3. The number of nitrogen functional groups attached to an aromatic ring is 1. The lowest BCUT2D eigenvalue weighted by Crippen LogP contribution is -2.36. The second-order valence-electron chi connectivity index (χ2n) is 5.22. The zero-order valence-electron chi connectivity index (χ0n) is 11.4. The Morgan fingerprint density at radius 3 is 2.63 bits per heavy atom.